The number of hydrogen-bond donors (Lipinski definition) is 0. The molecule has 0 atom stereocenters. The highest BCUT2D eigenvalue weighted by Crippen LogP contribution is 2.25. The van der Waals surface area contributed by atoms with E-state index in [0.717, 1.165) is 11.3 Å². The largest absolute Gasteiger partial charge is 0.266 e. The zero-order valence-corrected chi connectivity index (χ0v) is 11.3. The minimum Gasteiger partial charge on any atom is -0.266 e. The average molecular weight is 290 g/mol. The fraction of sp³-hybridized carbons (Fsp3) is 0. The van der Waals surface area contributed by atoms with Gasteiger partial charge in [0.2, 0.25) is 5.28 Å². The second-order valence-corrected chi connectivity index (χ2v) is 4.74. The molecule has 19 heavy (non-hydrogen) atoms. The van der Waals surface area contributed by atoms with Gasteiger partial charge in [-0.05, 0) is 35.9 Å². The van der Waals surface area contributed by atoms with E-state index in [-0.39, 0.29) is 0 Å². The van der Waals surface area contributed by atoms with Gasteiger partial charge in [0.25, 0.3) is 0 Å². The van der Waals surface area contributed by atoms with Crippen molar-refractivity contribution in [3.8, 4) is 17.1 Å². The lowest BCUT2D eigenvalue weighted by Gasteiger charge is -2.07. The average Bonchev–Trinajstić information content (AvgIpc) is 2.83. The predicted octanol–water partition coefficient (Wildman–Crippen LogP) is 4.24. The van der Waals surface area contributed by atoms with E-state index in [1.54, 1.807) is 4.57 Å². The summed E-state index contributed by atoms with van der Waals surface area (Å²) in [6.45, 7) is 0. The Labute approximate surface area is 120 Å². The van der Waals surface area contributed by atoms with Gasteiger partial charge in [-0.15, -0.1) is 10.2 Å². The normalized spacial score (nSPS) is 10.6. The number of benzene rings is 2. The number of hydrogen-bond acceptors (Lipinski definition) is 2. The van der Waals surface area contributed by atoms with Crippen LogP contribution in [-0.2, 0) is 0 Å². The summed E-state index contributed by atoms with van der Waals surface area (Å²) in [5, 5.41) is 9.07. The van der Waals surface area contributed by atoms with Gasteiger partial charge in [0.05, 0.1) is 5.69 Å². The van der Waals surface area contributed by atoms with Gasteiger partial charge < -0.3 is 0 Å². The van der Waals surface area contributed by atoms with E-state index in [0.29, 0.717) is 16.1 Å². The van der Waals surface area contributed by atoms with Crippen LogP contribution < -0.4 is 0 Å². The fourth-order valence-electron chi connectivity index (χ4n) is 1.86. The lowest BCUT2D eigenvalue weighted by Crippen LogP contribution is -1.97. The summed E-state index contributed by atoms with van der Waals surface area (Å²) in [7, 11) is 0. The van der Waals surface area contributed by atoms with Crippen LogP contribution in [0.1, 0.15) is 0 Å². The Hall–Kier alpha value is -1.84. The lowest BCUT2D eigenvalue weighted by molar-refractivity contribution is 1.06. The third-order valence-electron chi connectivity index (χ3n) is 2.74. The molecule has 1 heterocycles. The Morgan fingerprint density at radius 2 is 1.47 bits per heavy atom. The molecule has 3 rings (SSSR count). The molecule has 0 spiro atoms. The van der Waals surface area contributed by atoms with Crippen molar-refractivity contribution in [3.05, 3.63) is 64.9 Å². The number of halogens is 2. The molecule has 5 heteroatoms. The summed E-state index contributed by atoms with van der Waals surface area (Å²) in [6.07, 6.45) is 0. The van der Waals surface area contributed by atoms with Crippen molar-refractivity contribution in [1.82, 2.24) is 14.8 Å². The molecule has 0 amide bonds. The van der Waals surface area contributed by atoms with Crippen LogP contribution >= 0.6 is 23.2 Å². The van der Waals surface area contributed by atoms with Crippen LogP contribution in [0.15, 0.2) is 54.6 Å². The van der Waals surface area contributed by atoms with Crippen LogP contribution in [0, 0.1) is 0 Å². The van der Waals surface area contributed by atoms with E-state index in [1.165, 1.54) is 0 Å². The van der Waals surface area contributed by atoms with Crippen LogP contribution in [0.2, 0.25) is 10.3 Å². The third kappa shape index (κ3) is 2.35. The van der Waals surface area contributed by atoms with Gasteiger partial charge in [0, 0.05) is 10.6 Å². The summed E-state index contributed by atoms with van der Waals surface area (Å²) in [5.74, 6) is 0.702. The zero-order chi connectivity index (χ0) is 13.2. The first-order valence-corrected chi connectivity index (χ1v) is 6.43. The molecule has 0 aliphatic heterocycles. The van der Waals surface area contributed by atoms with Crippen LogP contribution in [0.4, 0.5) is 0 Å². The highest BCUT2D eigenvalue weighted by molar-refractivity contribution is 6.30. The number of rotatable bonds is 2. The maximum Gasteiger partial charge on any atom is 0.229 e. The van der Waals surface area contributed by atoms with Crippen LogP contribution in [-0.4, -0.2) is 14.8 Å². The van der Waals surface area contributed by atoms with Crippen molar-refractivity contribution in [2.45, 2.75) is 0 Å². The first kappa shape index (κ1) is 12.2. The first-order chi connectivity index (χ1) is 9.25. The molecule has 0 N–H and O–H groups in total. The quantitative estimate of drug-likeness (QED) is 0.706. The molecule has 0 aliphatic carbocycles. The molecule has 0 saturated heterocycles. The molecule has 0 aliphatic rings. The van der Waals surface area contributed by atoms with Crippen molar-refractivity contribution < 1.29 is 0 Å². The topological polar surface area (TPSA) is 30.7 Å². The molecular formula is C14H9Cl2N3. The predicted molar refractivity (Wildman–Crippen MR) is 76.8 cm³/mol. The van der Waals surface area contributed by atoms with Crippen molar-refractivity contribution in [3.63, 3.8) is 0 Å². The maximum atomic E-state index is 6.13. The van der Waals surface area contributed by atoms with E-state index in [4.69, 9.17) is 23.2 Å². The van der Waals surface area contributed by atoms with Gasteiger partial charge >= 0.3 is 0 Å². The Bertz CT molecular complexity index is 690. The Balaban J connectivity index is 2.17. The van der Waals surface area contributed by atoms with Crippen molar-refractivity contribution in [2.75, 3.05) is 0 Å². The molecule has 0 saturated carbocycles. The third-order valence-corrected chi connectivity index (χ3v) is 3.24. The molecule has 0 bridgehead atoms. The highest BCUT2D eigenvalue weighted by Gasteiger charge is 2.13. The summed E-state index contributed by atoms with van der Waals surface area (Å²) >= 11 is 12.0. The molecule has 2 aromatic carbocycles. The minimum atomic E-state index is 0.321. The summed E-state index contributed by atoms with van der Waals surface area (Å²) < 4.78 is 1.78. The Kier molecular flexibility index (Phi) is 3.23. The molecular weight excluding hydrogens is 281 g/mol. The van der Waals surface area contributed by atoms with Gasteiger partial charge in [0.15, 0.2) is 5.82 Å². The van der Waals surface area contributed by atoms with Gasteiger partial charge in [-0.2, -0.15) is 0 Å². The van der Waals surface area contributed by atoms with Crippen molar-refractivity contribution >= 4 is 23.2 Å². The molecule has 0 fully saturated rings. The van der Waals surface area contributed by atoms with Gasteiger partial charge in [-0.3, -0.25) is 4.57 Å². The van der Waals surface area contributed by atoms with Crippen LogP contribution in [0.25, 0.3) is 17.1 Å². The molecule has 0 radical (unpaired) electrons. The molecule has 94 valence electrons. The standard InChI is InChI=1S/C14H9Cl2N3/c15-11-6-8-12(9-7-11)19-13(17-18-14(19)16)10-4-2-1-3-5-10/h1-9H. The Morgan fingerprint density at radius 3 is 2.16 bits per heavy atom. The highest BCUT2D eigenvalue weighted by atomic mass is 35.5. The molecule has 1 aromatic heterocycles. The molecule has 3 nitrogen and oxygen atoms in total. The maximum absolute atomic E-state index is 6.13. The molecule has 0 unspecified atom stereocenters. The smallest absolute Gasteiger partial charge is 0.229 e. The Morgan fingerprint density at radius 1 is 0.789 bits per heavy atom. The monoisotopic (exact) mass is 289 g/mol. The SMILES string of the molecule is Clc1ccc(-n2c(Cl)nnc2-c2ccccc2)cc1. The van der Waals surface area contributed by atoms with Gasteiger partial charge in [-0.25, -0.2) is 0 Å². The van der Waals surface area contributed by atoms with E-state index in [9.17, 15) is 0 Å². The van der Waals surface area contributed by atoms with E-state index >= 15 is 0 Å². The summed E-state index contributed by atoms with van der Waals surface area (Å²) in [5.41, 5.74) is 1.83. The van der Waals surface area contributed by atoms with Gasteiger partial charge in [0.1, 0.15) is 0 Å². The second kappa shape index (κ2) is 5.03. The van der Waals surface area contributed by atoms with Crippen LogP contribution in [0.5, 0.6) is 0 Å². The zero-order valence-electron chi connectivity index (χ0n) is 9.79. The second-order valence-electron chi connectivity index (χ2n) is 3.97. The summed E-state index contributed by atoms with van der Waals surface area (Å²) in [6, 6.07) is 17.2. The van der Waals surface area contributed by atoms with E-state index in [1.807, 2.05) is 54.6 Å². The molecule has 3 aromatic rings. The summed E-state index contributed by atoms with van der Waals surface area (Å²) in [4.78, 5) is 0. The first-order valence-electron chi connectivity index (χ1n) is 5.68. The van der Waals surface area contributed by atoms with Crippen LogP contribution in [0.3, 0.4) is 0 Å². The van der Waals surface area contributed by atoms with Crippen molar-refractivity contribution in [1.29, 1.82) is 0 Å². The number of nitrogens with zero attached hydrogens (tertiary/aromatic N) is 3. The number of aromatic nitrogens is 3. The van der Waals surface area contributed by atoms with Crippen molar-refractivity contribution in [2.24, 2.45) is 0 Å². The lowest BCUT2D eigenvalue weighted by atomic mass is 10.2. The van der Waals surface area contributed by atoms with E-state index < -0.39 is 0 Å². The fourth-order valence-corrected chi connectivity index (χ4v) is 2.20. The minimum absolute atomic E-state index is 0.321. The van der Waals surface area contributed by atoms with Gasteiger partial charge in [-0.1, -0.05) is 41.9 Å². The van der Waals surface area contributed by atoms with E-state index in [2.05, 4.69) is 10.2 Å².